The second-order valence-electron chi connectivity index (χ2n) is 5.87. The number of aryl methyl sites for hydroxylation is 1. The van der Waals surface area contributed by atoms with Crippen LogP contribution in [0.25, 0.3) is 11.0 Å². The summed E-state index contributed by atoms with van der Waals surface area (Å²) in [6.07, 6.45) is -0.944. The quantitative estimate of drug-likeness (QED) is 0.838. The summed E-state index contributed by atoms with van der Waals surface area (Å²) in [5.41, 5.74) is 1.97. The average molecular weight is 327 g/mol. The Hall–Kier alpha value is -3.08. The molecule has 1 amide bonds. The Morgan fingerprint density at radius 2 is 2.17 bits per heavy atom. The molecule has 2 aromatic heterocycles. The summed E-state index contributed by atoms with van der Waals surface area (Å²) in [7, 11) is 1.66. The van der Waals surface area contributed by atoms with Crippen molar-refractivity contribution in [3.8, 4) is 6.07 Å². The lowest BCUT2D eigenvalue weighted by atomic mass is 10.1. The number of carboxylic acid groups (broad SMARTS) is 1. The van der Waals surface area contributed by atoms with Crippen molar-refractivity contribution in [1.29, 1.82) is 5.26 Å². The molecule has 1 atom stereocenters. The second kappa shape index (κ2) is 5.85. The van der Waals surface area contributed by atoms with E-state index in [0.29, 0.717) is 36.4 Å². The number of piperazine rings is 1. The summed E-state index contributed by atoms with van der Waals surface area (Å²) in [5.74, 6) is 0. The number of hydrogen-bond donors (Lipinski definition) is 1. The lowest BCUT2D eigenvalue weighted by Gasteiger charge is -2.40. The molecule has 2 aromatic rings. The third kappa shape index (κ3) is 2.54. The zero-order chi connectivity index (χ0) is 17.4. The third-order valence-corrected chi connectivity index (χ3v) is 4.39. The Kier molecular flexibility index (Phi) is 3.85. The van der Waals surface area contributed by atoms with Crippen LogP contribution in [0.4, 0.5) is 10.5 Å². The number of nitrogens with zero attached hydrogens (tertiary/aromatic N) is 5. The molecule has 0 bridgehead atoms. The lowest BCUT2D eigenvalue weighted by molar-refractivity contribution is 0.136. The molecule has 8 nitrogen and oxygen atoms in total. The van der Waals surface area contributed by atoms with Gasteiger partial charge in [0.1, 0.15) is 17.3 Å². The van der Waals surface area contributed by atoms with Crippen LogP contribution in [0, 0.1) is 11.3 Å². The first-order chi connectivity index (χ1) is 11.4. The molecule has 24 heavy (non-hydrogen) atoms. The third-order valence-electron chi connectivity index (χ3n) is 4.39. The maximum Gasteiger partial charge on any atom is 0.407 e. The molecule has 0 spiro atoms. The maximum atomic E-state index is 12.3. The Bertz CT molecular complexity index is 914. The van der Waals surface area contributed by atoms with E-state index < -0.39 is 6.09 Å². The van der Waals surface area contributed by atoms with Gasteiger partial charge in [-0.3, -0.25) is 4.79 Å². The minimum absolute atomic E-state index is 0.0994. The molecule has 8 heteroatoms. The average Bonchev–Trinajstić information content (AvgIpc) is 2.57. The van der Waals surface area contributed by atoms with E-state index in [0.717, 1.165) is 0 Å². The number of pyridine rings is 2. The van der Waals surface area contributed by atoms with E-state index in [1.807, 2.05) is 17.9 Å². The Balaban J connectivity index is 2.12. The summed E-state index contributed by atoms with van der Waals surface area (Å²) in [5, 5.41) is 18.2. The van der Waals surface area contributed by atoms with Crippen molar-refractivity contribution < 1.29 is 9.90 Å². The molecular formula is C16H17N5O3. The van der Waals surface area contributed by atoms with E-state index in [1.165, 1.54) is 15.5 Å². The van der Waals surface area contributed by atoms with Gasteiger partial charge in [-0.1, -0.05) is 0 Å². The standard InChI is InChI=1S/C16H17N5O3/c1-10-9-20(16(23)24)5-6-21(10)13-7-14(22)19(2)12-4-3-11(8-17)18-15(12)13/h3-4,7,10H,5-6,9H2,1-2H3,(H,23,24)/t10-/m0/s1. The molecule has 3 heterocycles. The van der Waals surface area contributed by atoms with Crippen molar-refractivity contribution in [3.05, 3.63) is 34.2 Å². The van der Waals surface area contributed by atoms with Crippen molar-refractivity contribution in [2.45, 2.75) is 13.0 Å². The number of carbonyl (C=O) groups is 1. The molecule has 3 rings (SSSR count). The van der Waals surface area contributed by atoms with Crippen molar-refractivity contribution in [2.24, 2.45) is 7.05 Å². The molecule has 1 aliphatic heterocycles. The zero-order valence-corrected chi connectivity index (χ0v) is 13.4. The van der Waals surface area contributed by atoms with Crippen LogP contribution in [-0.2, 0) is 7.05 Å². The smallest absolute Gasteiger partial charge is 0.407 e. The summed E-state index contributed by atoms with van der Waals surface area (Å²) in [6.45, 7) is 3.08. The van der Waals surface area contributed by atoms with Crippen LogP contribution in [0.5, 0.6) is 0 Å². The highest BCUT2D eigenvalue weighted by atomic mass is 16.4. The minimum Gasteiger partial charge on any atom is -0.465 e. The first kappa shape index (κ1) is 15.8. The molecule has 0 unspecified atom stereocenters. The van der Waals surface area contributed by atoms with Crippen LogP contribution in [-0.4, -0.2) is 51.3 Å². The van der Waals surface area contributed by atoms with E-state index in [9.17, 15) is 9.59 Å². The van der Waals surface area contributed by atoms with Crippen molar-refractivity contribution in [2.75, 3.05) is 24.5 Å². The molecule has 1 fully saturated rings. The molecule has 0 radical (unpaired) electrons. The lowest BCUT2D eigenvalue weighted by Crippen LogP contribution is -2.53. The fourth-order valence-electron chi connectivity index (χ4n) is 3.08. The normalized spacial score (nSPS) is 17.8. The predicted molar refractivity (Wildman–Crippen MR) is 88.1 cm³/mol. The highest BCUT2D eigenvalue weighted by Gasteiger charge is 2.28. The number of hydrogen-bond acceptors (Lipinski definition) is 5. The monoisotopic (exact) mass is 327 g/mol. The molecule has 0 saturated carbocycles. The topological polar surface area (TPSA) is 102 Å². The van der Waals surface area contributed by atoms with Crippen molar-refractivity contribution in [3.63, 3.8) is 0 Å². The number of anilines is 1. The number of fused-ring (bicyclic) bond motifs is 1. The molecule has 0 aromatic carbocycles. The van der Waals surface area contributed by atoms with Crippen LogP contribution in [0.1, 0.15) is 12.6 Å². The Morgan fingerprint density at radius 1 is 1.42 bits per heavy atom. The summed E-state index contributed by atoms with van der Waals surface area (Å²) < 4.78 is 1.49. The van der Waals surface area contributed by atoms with E-state index in [-0.39, 0.29) is 17.3 Å². The van der Waals surface area contributed by atoms with E-state index in [2.05, 4.69) is 4.98 Å². The largest absolute Gasteiger partial charge is 0.465 e. The Morgan fingerprint density at radius 3 is 2.79 bits per heavy atom. The summed E-state index contributed by atoms with van der Waals surface area (Å²) >= 11 is 0. The van der Waals surface area contributed by atoms with Gasteiger partial charge in [0.15, 0.2) is 0 Å². The minimum atomic E-state index is -0.944. The molecule has 0 aliphatic carbocycles. The van der Waals surface area contributed by atoms with Crippen LogP contribution in [0.15, 0.2) is 23.0 Å². The van der Waals surface area contributed by atoms with Gasteiger partial charge in [-0.25, -0.2) is 9.78 Å². The van der Waals surface area contributed by atoms with Gasteiger partial charge in [0, 0.05) is 38.8 Å². The van der Waals surface area contributed by atoms with Gasteiger partial charge >= 0.3 is 6.09 Å². The number of rotatable bonds is 1. The number of amides is 1. The van der Waals surface area contributed by atoms with Crippen molar-refractivity contribution in [1.82, 2.24) is 14.5 Å². The van der Waals surface area contributed by atoms with Gasteiger partial charge in [-0.05, 0) is 19.1 Å². The second-order valence-corrected chi connectivity index (χ2v) is 5.87. The van der Waals surface area contributed by atoms with Gasteiger partial charge < -0.3 is 19.5 Å². The first-order valence-electron chi connectivity index (χ1n) is 7.57. The van der Waals surface area contributed by atoms with Gasteiger partial charge in [0.2, 0.25) is 0 Å². The highest BCUT2D eigenvalue weighted by molar-refractivity contribution is 5.89. The number of nitriles is 1. The summed E-state index contributed by atoms with van der Waals surface area (Å²) in [4.78, 5) is 31.1. The molecule has 1 saturated heterocycles. The summed E-state index contributed by atoms with van der Waals surface area (Å²) in [6, 6.07) is 6.71. The van der Waals surface area contributed by atoms with Gasteiger partial charge in [0.25, 0.3) is 5.56 Å². The molecule has 124 valence electrons. The van der Waals surface area contributed by atoms with Gasteiger partial charge in [0.05, 0.1) is 11.2 Å². The fraction of sp³-hybridized carbons (Fsp3) is 0.375. The van der Waals surface area contributed by atoms with Crippen LogP contribution in [0.3, 0.4) is 0 Å². The van der Waals surface area contributed by atoms with Crippen LogP contribution >= 0.6 is 0 Å². The molecular weight excluding hydrogens is 310 g/mol. The van der Waals surface area contributed by atoms with E-state index in [1.54, 1.807) is 19.2 Å². The van der Waals surface area contributed by atoms with Crippen molar-refractivity contribution >= 4 is 22.8 Å². The van der Waals surface area contributed by atoms with Gasteiger partial charge in [-0.2, -0.15) is 5.26 Å². The fourth-order valence-corrected chi connectivity index (χ4v) is 3.08. The van der Waals surface area contributed by atoms with Crippen LogP contribution < -0.4 is 10.5 Å². The molecule has 1 aliphatic rings. The van der Waals surface area contributed by atoms with Crippen LogP contribution in [0.2, 0.25) is 0 Å². The van der Waals surface area contributed by atoms with E-state index in [4.69, 9.17) is 10.4 Å². The van der Waals surface area contributed by atoms with Gasteiger partial charge in [-0.15, -0.1) is 0 Å². The van der Waals surface area contributed by atoms with E-state index >= 15 is 0 Å². The predicted octanol–water partition coefficient (Wildman–Crippen LogP) is 0.994. The highest BCUT2D eigenvalue weighted by Crippen LogP contribution is 2.27. The zero-order valence-electron chi connectivity index (χ0n) is 13.4. The SMILES string of the molecule is C[C@H]1CN(C(=O)O)CCN1c1cc(=O)n(C)c2ccc(C#N)nc12. The maximum absolute atomic E-state index is 12.3. The first-order valence-corrected chi connectivity index (χ1v) is 7.57. The number of aromatic nitrogens is 2. The Labute approximate surface area is 138 Å². The molecule has 1 N–H and O–H groups in total.